The second kappa shape index (κ2) is 8.28. The van der Waals surface area contributed by atoms with Gasteiger partial charge in [-0.1, -0.05) is 37.2 Å². The molecule has 0 spiro atoms. The fraction of sp³-hybridized carbons (Fsp3) is 0.333. The second-order valence-corrected chi connectivity index (χ2v) is 6.10. The number of nitrogens with one attached hydrogen (secondary N) is 2. The van der Waals surface area contributed by atoms with Crippen molar-refractivity contribution in [3.63, 3.8) is 0 Å². The van der Waals surface area contributed by atoms with Gasteiger partial charge in [0.15, 0.2) is 17.5 Å². The van der Waals surface area contributed by atoms with E-state index in [1.807, 2.05) is 41.0 Å². The predicted octanol–water partition coefficient (Wildman–Crippen LogP) is 2.24. The van der Waals surface area contributed by atoms with E-state index in [0.29, 0.717) is 25.0 Å². The number of benzene rings is 1. The highest BCUT2D eigenvalue weighted by molar-refractivity contribution is 5.79. The minimum absolute atomic E-state index is 0.342. The molecule has 0 unspecified atom stereocenters. The Kier molecular flexibility index (Phi) is 5.62. The first-order valence-electron chi connectivity index (χ1n) is 8.51. The molecule has 3 rings (SSSR count). The minimum atomic E-state index is 0.342. The Balaban J connectivity index is 1.57. The lowest BCUT2D eigenvalue weighted by molar-refractivity contribution is 0.372. The first kappa shape index (κ1) is 17.7. The standard InChI is InChI=1S/C18H23N7O/c1-13(2)16-9-15(26-24-16)10-20-18(19-3)21-11-17-23-22-12-25(17)14-7-5-4-6-8-14/h4-9,12-13H,10-11H2,1-3H3,(H2,19,20,21). The molecule has 0 aliphatic carbocycles. The van der Waals surface area contributed by atoms with E-state index in [4.69, 9.17) is 4.52 Å². The van der Waals surface area contributed by atoms with Crippen LogP contribution in [0.3, 0.4) is 0 Å². The largest absolute Gasteiger partial charge is 0.359 e. The Morgan fingerprint density at radius 1 is 1.19 bits per heavy atom. The molecule has 2 N–H and O–H groups in total. The summed E-state index contributed by atoms with van der Waals surface area (Å²) in [6, 6.07) is 11.9. The molecule has 0 radical (unpaired) electrons. The molecule has 0 saturated heterocycles. The molecule has 8 heteroatoms. The molecule has 3 aromatic rings. The summed E-state index contributed by atoms with van der Waals surface area (Å²) in [5, 5.41) is 18.7. The van der Waals surface area contributed by atoms with E-state index >= 15 is 0 Å². The minimum Gasteiger partial charge on any atom is -0.359 e. The topological polar surface area (TPSA) is 93.2 Å². The van der Waals surface area contributed by atoms with E-state index in [0.717, 1.165) is 23.0 Å². The average molecular weight is 353 g/mol. The van der Waals surface area contributed by atoms with Gasteiger partial charge in [0, 0.05) is 18.8 Å². The number of nitrogens with zero attached hydrogens (tertiary/aromatic N) is 5. The van der Waals surface area contributed by atoms with Crippen LogP contribution >= 0.6 is 0 Å². The van der Waals surface area contributed by atoms with Crippen molar-refractivity contribution < 1.29 is 4.52 Å². The number of para-hydroxylation sites is 1. The van der Waals surface area contributed by atoms with Gasteiger partial charge in [-0.25, -0.2) is 0 Å². The van der Waals surface area contributed by atoms with Gasteiger partial charge >= 0.3 is 0 Å². The van der Waals surface area contributed by atoms with Crippen molar-refractivity contribution in [3.05, 3.63) is 60.0 Å². The van der Waals surface area contributed by atoms with E-state index in [1.54, 1.807) is 13.4 Å². The van der Waals surface area contributed by atoms with Gasteiger partial charge in [0.05, 0.1) is 18.8 Å². The van der Waals surface area contributed by atoms with Crippen molar-refractivity contribution in [2.24, 2.45) is 4.99 Å². The maximum Gasteiger partial charge on any atom is 0.191 e. The molecule has 0 aliphatic rings. The number of hydrogen-bond acceptors (Lipinski definition) is 5. The third-order valence-corrected chi connectivity index (χ3v) is 3.89. The lowest BCUT2D eigenvalue weighted by Gasteiger charge is -2.11. The summed E-state index contributed by atoms with van der Waals surface area (Å²) < 4.78 is 7.26. The normalized spacial score (nSPS) is 11.8. The van der Waals surface area contributed by atoms with Crippen LogP contribution in [0.1, 0.15) is 37.0 Å². The molecule has 0 amide bonds. The van der Waals surface area contributed by atoms with Crippen molar-refractivity contribution >= 4 is 5.96 Å². The van der Waals surface area contributed by atoms with Crippen molar-refractivity contribution in [3.8, 4) is 5.69 Å². The van der Waals surface area contributed by atoms with Crippen LogP contribution in [0.2, 0.25) is 0 Å². The van der Waals surface area contributed by atoms with Gasteiger partial charge in [-0.3, -0.25) is 9.56 Å². The van der Waals surface area contributed by atoms with Gasteiger partial charge in [0.1, 0.15) is 6.33 Å². The third kappa shape index (κ3) is 4.27. The first-order valence-corrected chi connectivity index (χ1v) is 8.51. The quantitative estimate of drug-likeness (QED) is 0.521. The molecule has 136 valence electrons. The van der Waals surface area contributed by atoms with Gasteiger partial charge in [-0.2, -0.15) is 0 Å². The number of hydrogen-bond donors (Lipinski definition) is 2. The van der Waals surface area contributed by atoms with E-state index in [1.165, 1.54) is 0 Å². The Labute approximate surface area is 152 Å². The van der Waals surface area contributed by atoms with E-state index in [9.17, 15) is 0 Å². The number of guanidine groups is 1. The monoisotopic (exact) mass is 353 g/mol. The van der Waals surface area contributed by atoms with Crippen LogP contribution in [0.25, 0.3) is 5.69 Å². The summed E-state index contributed by atoms with van der Waals surface area (Å²) in [4.78, 5) is 4.22. The average Bonchev–Trinajstić information content (AvgIpc) is 3.32. The zero-order valence-corrected chi connectivity index (χ0v) is 15.2. The van der Waals surface area contributed by atoms with Crippen molar-refractivity contribution in [2.45, 2.75) is 32.9 Å². The smallest absolute Gasteiger partial charge is 0.191 e. The molecule has 2 heterocycles. The van der Waals surface area contributed by atoms with E-state index in [2.05, 4.69) is 44.8 Å². The summed E-state index contributed by atoms with van der Waals surface area (Å²) >= 11 is 0. The van der Waals surface area contributed by atoms with Gasteiger partial charge in [-0.15, -0.1) is 10.2 Å². The molecular formula is C18H23N7O. The number of rotatable bonds is 6. The predicted molar refractivity (Wildman–Crippen MR) is 99.0 cm³/mol. The van der Waals surface area contributed by atoms with Crippen LogP contribution in [0.15, 0.2) is 52.2 Å². The van der Waals surface area contributed by atoms with Crippen LogP contribution in [0, 0.1) is 0 Å². The maximum atomic E-state index is 5.33. The lowest BCUT2D eigenvalue weighted by Crippen LogP contribution is -2.36. The fourth-order valence-electron chi connectivity index (χ4n) is 2.42. The van der Waals surface area contributed by atoms with Crippen LogP contribution in [-0.2, 0) is 13.1 Å². The van der Waals surface area contributed by atoms with Crippen molar-refractivity contribution in [1.82, 2.24) is 30.6 Å². The third-order valence-electron chi connectivity index (χ3n) is 3.89. The van der Waals surface area contributed by atoms with Crippen LogP contribution in [0.4, 0.5) is 0 Å². The summed E-state index contributed by atoms with van der Waals surface area (Å²) in [5.74, 6) is 2.55. The maximum absolute atomic E-state index is 5.33. The highest BCUT2D eigenvalue weighted by Gasteiger charge is 2.10. The highest BCUT2D eigenvalue weighted by Crippen LogP contribution is 2.13. The van der Waals surface area contributed by atoms with Crippen molar-refractivity contribution in [1.29, 1.82) is 0 Å². The highest BCUT2D eigenvalue weighted by atomic mass is 16.5. The molecule has 1 aromatic carbocycles. The zero-order valence-electron chi connectivity index (χ0n) is 15.2. The molecule has 26 heavy (non-hydrogen) atoms. The number of aromatic nitrogens is 4. The van der Waals surface area contributed by atoms with Gasteiger partial charge in [0.25, 0.3) is 0 Å². The van der Waals surface area contributed by atoms with Gasteiger partial charge in [0.2, 0.25) is 0 Å². The van der Waals surface area contributed by atoms with Crippen LogP contribution in [0.5, 0.6) is 0 Å². The lowest BCUT2D eigenvalue weighted by atomic mass is 10.1. The molecule has 0 atom stereocenters. The van der Waals surface area contributed by atoms with Gasteiger partial charge in [-0.05, 0) is 18.1 Å². The summed E-state index contributed by atoms with van der Waals surface area (Å²) in [7, 11) is 1.72. The Morgan fingerprint density at radius 2 is 1.96 bits per heavy atom. The van der Waals surface area contributed by atoms with Gasteiger partial charge < -0.3 is 15.2 Å². The summed E-state index contributed by atoms with van der Waals surface area (Å²) in [6.45, 7) is 5.16. The Hall–Kier alpha value is -3.16. The Bertz CT molecular complexity index is 851. The fourth-order valence-corrected chi connectivity index (χ4v) is 2.42. The molecule has 0 aliphatic heterocycles. The molecule has 8 nitrogen and oxygen atoms in total. The van der Waals surface area contributed by atoms with Crippen LogP contribution in [-0.4, -0.2) is 32.9 Å². The van der Waals surface area contributed by atoms with E-state index < -0.39 is 0 Å². The summed E-state index contributed by atoms with van der Waals surface area (Å²) in [5.41, 5.74) is 1.96. The number of aliphatic imine (C=N–C) groups is 1. The molecule has 0 bridgehead atoms. The molecule has 0 saturated carbocycles. The summed E-state index contributed by atoms with van der Waals surface area (Å²) in [6.07, 6.45) is 1.70. The van der Waals surface area contributed by atoms with E-state index in [-0.39, 0.29) is 0 Å². The Morgan fingerprint density at radius 3 is 2.65 bits per heavy atom. The molecule has 2 aromatic heterocycles. The zero-order chi connectivity index (χ0) is 18.4. The second-order valence-electron chi connectivity index (χ2n) is 6.10. The SMILES string of the molecule is CN=C(NCc1cc(C(C)C)no1)NCc1nncn1-c1ccccc1. The van der Waals surface area contributed by atoms with Crippen LogP contribution < -0.4 is 10.6 Å². The van der Waals surface area contributed by atoms with Crippen molar-refractivity contribution in [2.75, 3.05) is 7.05 Å². The first-order chi connectivity index (χ1) is 12.7. The molecule has 0 fully saturated rings. The molecular weight excluding hydrogens is 330 g/mol.